The molecule has 0 radical (unpaired) electrons. The molecule has 0 unspecified atom stereocenters. The van der Waals surface area contributed by atoms with Gasteiger partial charge in [-0.25, -0.2) is 0 Å². The zero-order valence-corrected chi connectivity index (χ0v) is 18.4. The van der Waals surface area contributed by atoms with Gasteiger partial charge >= 0.3 is 0 Å². The molecule has 3 rings (SSSR count). The summed E-state index contributed by atoms with van der Waals surface area (Å²) in [5.41, 5.74) is 0.714. The monoisotopic (exact) mass is 449 g/mol. The first-order valence-electron chi connectivity index (χ1n) is 8.97. The van der Waals surface area contributed by atoms with E-state index < -0.39 is 0 Å². The Kier molecular flexibility index (Phi) is 7.41. The number of hydrogen-bond acceptors (Lipinski definition) is 6. The van der Waals surface area contributed by atoms with Crippen LogP contribution >= 0.6 is 35.6 Å². The molecular weight excluding hydrogens is 430 g/mol. The van der Waals surface area contributed by atoms with Crippen LogP contribution in [0.2, 0.25) is 5.02 Å². The van der Waals surface area contributed by atoms with Gasteiger partial charge in [-0.15, -0.1) is 0 Å². The van der Waals surface area contributed by atoms with Gasteiger partial charge in [-0.05, 0) is 43.3 Å². The third-order valence-electron chi connectivity index (χ3n) is 4.12. The molecule has 1 fully saturated rings. The summed E-state index contributed by atoms with van der Waals surface area (Å²) < 4.78 is 17.4. The first-order chi connectivity index (χ1) is 14.0. The smallest absolute Gasteiger partial charge is 0.266 e. The minimum atomic E-state index is -0.104. The molecule has 0 N–H and O–H groups in total. The Bertz CT molecular complexity index is 948. The van der Waals surface area contributed by atoms with E-state index >= 15 is 0 Å². The van der Waals surface area contributed by atoms with Crippen LogP contribution in [0.15, 0.2) is 47.4 Å². The predicted molar refractivity (Wildman–Crippen MR) is 121 cm³/mol. The molecule has 0 saturated carbocycles. The van der Waals surface area contributed by atoms with Crippen LogP contribution in [0.1, 0.15) is 12.5 Å². The molecule has 8 heteroatoms. The summed E-state index contributed by atoms with van der Waals surface area (Å²) in [4.78, 5) is 14.6. The van der Waals surface area contributed by atoms with Crippen molar-refractivity contribution in [3.63, 3.8) is 0 Å². The van der Waals surface area contributed by atoms with Crippen molar-refractivity contribution in [2.75, 3.05) is 26.9 Å². The third-order valence-corrected chi connectivity index (χ3v) is 5.73. The summed E-state index contributed by atoms with van der Waals surface area (Å²) in [6, 6.07) is 12.7. The topological polar surface area (TPSA) is 48.0 Å². The van der Waals surface area contributed by atoms with Gasteiger partial charge in [-0.1, -0.05) is 47.7 Å². The molecule has 1 saturated heterocycles. The number of benzene rings is 2. The van der Waals surface area contributed by atoms with Gasteiger partial charge in [-0.2, -0.15) is 0 Å². The van der Waals surface area contributed by atoms with Crippen molar-refractivity contribution in [2.24, 2.45) is 0 Å². The van der Waals surface area contributed by atoms with E-state index in [2.05, 4.69) is 0 Å². The van der Waals surface area contributed by atoms with Crippen molar-refractivity contribution < 1.29 is 19.0 Å². The number of likely N-dealkylation sites (N-methyl/N-ethyl adjacent to an activating group) is 1. The summed E-state index contributed by atoms with van der Waals surface area (Å²) in [6.07, 6.45) is 1.76. The van der Waals surface area contributed by atoms with E-state index in [0.29, 0.717) is 56.8 Å². The van der Waals surface area contributed by atoms with Gasteiger partial charge in [0.05, 0.1) is 12.0 Å². The second-order valence-electron chi connectivity index (χ2n) is 5.96. The van der Waals surface area contributed by atoms with Crippen LogP contribution in [0.5, 0.6) is 17.2 Å². The average molecular weight is 450 g/mol. The van der Waals surface area contributed by atoms with Crippen molar-refractivity contribution >= 4 is 51.9 Å². The molecule has 1 aliphatic heterocycles. The first kappa shape index (κ1) is 21.5. The lowest BCUT2D eigenvalue weighted by Gasteiger charge is -2.13. The molecule has 0 aromatic heterocycles. The van der Waals surface area contributed by atoms with Crippen LogP contribution in [0, 0.1) is 0 Å². The Hall–Kier alpha value is -2.22. The van der Waals surface area contributed by atoms with Crippen LogP contribution < -0.4 is 14.2 Å². The minimum absolute atomic E-state index is 0.104. The third kappa shape index (κ3) is 5.23. The van der Waals surface area contributed by atoms with Crippen LogP contribution in [-0.4, -0.2) is 42.0 Å². The van der Waals surface area contributed by atoms with Crippen molar-refractivity contribution in [3.05, 3.63) is 58.0 Å². The minimum Gasteiger partial charge on any atom is -0.493 e. The fourth-order valence-electron chi connectivity index (χ4n) is 2.72. The molecule has 0 atom stereocenters. The number of methoxy groups -OCH3 is 1. The van der Waals surface area contributed by atoms with Crippen molar-refractivity contribution in [1.29, 1.82) is 0 Å². The van der Waals surface area contributed by atoms with Crippen LogP contribution in [0.25, 0.3) is 6.08 Å². The number of thioether (sulfide) groups is 1. The highest BCUT2D eigenvalue weighted by atomic mass is 35.5. The fourth-order valence-corrected chi connectivity index (χ4v) is 4.27. The van der Waals surface area contributed by atoms with Gasteiger partial charge in [0.1, 0.15) is 23.3 Å². The lowest BCUT2D eigenvalue weighted by atomic mass is 10.2. The number of hydrogen-bond donors (Lipinski definition) is 0. The molecule has 2 aromatic carbocycles. The van der Waals surface area contributed by atoms with Gasteiger partial charge < -0.3 is 14.2 Å². The highest BCUT2D eigenvalue weighted by Gasteiger charge is 2.30. The number of thiocarbonyl (C=S) groups is 1. The number of ether oxygens (including phenoxy) is 3. The Morgan fingerprint density at radius 2 is 1.79 bits per heavy atom. The summed E-state index contributed by atoms with van der Waals surface area (Å²) in [5, 5.41) is 0.555. The Morgan fingerprint density at radius 3 is 2.45 bits per heavy atom. The van der Waals surface area contributed by atoms with Crippen molar-refractivity contribution in [1.82, 2.24) is 4.90 Å². The van der Waals surface area contributed by atoms with Crippen LogP contribution in [0.4, 0.5) is 0 Å². The molecule has 2 aromatic rings. The standard InChI is InChI=1S/C21H20ClNO4S2/c1-3-23-20(24)19(29-21(23)28)13-14-12-15(22)8-9-16(14)26-10-11-27-18-7-5-4-6-17(18)25-2/h4-9,12-13H,3,10-11H2,1-2H3. The van der Waals surface area contributed by atoms with E-state index in [-0.39, 0.29) is 5.91 Å². The highest BCUT2D eigenvalue weighted by molar-refractivity contribution is 8.26. The van der Waals surface area contributed by atoms with Crippen molar-refractivity contribution in [2.45, 2.75) is 6.92 Å². The SMILES string of the molecule is CCN1C(=O)C(=Cc2cc(Cl)ccc2OCCOc2ccccc2OC)SC1=S. The van der Waals surface area contributed by atoms with E-state index in [0.717, 1.165) is 0 Å². The molecule has 1 aliphatic rings. The van der Waals surface area contributed by atoms with Crippen LogP contribution in [0.3, 0.4) is 0 Å². The lowest BCUT2D eigenvalue weighted by Crippen LogP contribution is -2.27. The van der Waals surface area contributed by atoms with Crippen LogP contribution in [-0.2, 0) is 4.79 Å². The molecule has 0 spiro atoms. The number of amides is 1. The largest absolute Gasteiger partial charge is 0.493 e. The summed E-state index contributed by atoms with van der Waals surface area (Å²) >= 11 is 12.7. The maximum absolute atomic E-state index is 12.5. The van der Waals surface area contributed by atoms with Crippen molar-refractivity contribution in [3.8, 4) is 17.2 Å². The maximum atomic E-state index is 12.5. The van der Waals surface area contributed by atoms with E-state index in [1.807, 2.05) is 31.2 Å². The predicted octanol–water partition coefficient (Wildman–Crippen LogP) is 5.03. The molecule has 1 amide bonds. The average Bonchev–Trinajstić information content (AvgIpc) is 2.99. The van der Waals surface area contributed by atoms with Gasteiger partial charge in [-0.3, -0.25) is 9.69 Å². The maximum Gasteiger partial charge on any atom is 0.266 e. The molecule has 5 nitrogen and oxygen atoms in total. The number of carbonyl (C=O) groups is 1. The van der Waals surface area contributed by atoms with Gasteiger partial charge in [0.25, 0.3) is 5.91 Å². The molecule has 29 heavy (non-hydrogen) atoms. The molecule has 0 aliphatic carbocycles. The van der Waals surface area contributed by atoms with E-state index in [9.17, 15) is 4.79 Å². The zero-order valence-electron chi connectivity index (χ0n) is 16.0. The summed E-state index contributed by atoms with van der Waals surface area (Å²) in [7, 11) is 1.60. The zero-order chi connectivity index (χ0) is 20.8. The normalized spacial score (nSPS) is 15.1. The number of carbonyl (C=O) groups excluding carboxylic acids is 1. The van der Waals surface area contributed by atoms with E-state index in [4.69, 9.17) is 38.0 Å². The fraction of sp³-hybridized carbons (Fsp3) is 0.238. The Morgan fingerprint density at radius 1 is 1.10 bits per heavy atom. The number of para-hydroxylation sites is 2. The second kappa shape index (κ2) is 10.0. The Labute approximate surface area is 184 Å². The molecule has 1 heterocycles. The number of rotatable bonds is 8. The molecule has 152 valence electrons. The van der Waals surface area contributed by atoms with Gasteiger partial charge in [0, 0.05) is 17.1 Å². The van der Waals surface area contributed by atoms with E-state index in [1.54, 1.807) is 36.3 Å². The molecular formula is C21H20ClNO4S2. The number of halogens is 1. The lowest BCUT2D eigenvalue weighted by molar-refractivity contribution is -0.121. The Balaban J connectivity index is 1.69. The second-order valence-corrected chi connectivity index (χ2v) is 8.07. The quantitative estimate of drug-likeness (QED) is 0.320. The highest BCUT2D eigenvalue weighted by Crippen LogP contribution is 2.35. The van der Waals surface area contributed by atoms with Gasteiger partial charge in [0.15, 0.2) is 11.5 Å². The summed E-state index contributed by atoms with van der Waals surface area (Å²) in [6.45, 7) is 3.08. The summed E-state index contributed by atoms with van der Waals surface area (Å²) in [5.74, 6) is 1.82. The van der Waals surface area contributed by atoms with Gasteiger partial charge in [0.2, 0.25) is 0 Å². The number of nitrogens with zero attached hydrogens (tertiary/aromatic N) is 1. The van der Waals surface area contributed by atoms with E-state index in [1.165, 1.54) is 11.8 Å². The first-order valence-corrected chi connectivity index (χ1v) is 10.6. The molecule has 0 bridgehead atoms.